The lowest BCUT2D eigenvalue weighted by molar-refractivity contribution is -0.231. The van der Waals surface area contributed by atoms with Crippen molar-refractivity contribution in [3.63, 3.8) is 0 Å². The van der Waals surface area contributed by atoms with E-state index in [2.05, 4.69) is 13.8 Å². The minimum absolute atomic E-state index is 0.312. The number of ether oxygens (including phenoxy) is 1. The average Bonchev–Trinajstić information content (AvgIpc) is 2.79. The van der Waals surface area contributed by atoms with Crippen LogP contribution in [0, 0.1) is 34.5 Å². The predicted molar refractivity (Wildman–Crippen MR) is 89.6 cm³/mol. The van der Waals surface area contributed by atoms with E-state index in [1.807, 2.05) is 0 Å². The summed E-state index contributed by atoms with van der Waals surface area (Å²) >= 11 is 0. The molecule has 0 amide bonds. The second-order valence-electron chi connectivity index (χ2n) is 9.99. The van der Waals surface area contributed by atoms with Gasteiger partial charge in [0, 0.05) is 6.42 Å². The second kappa shape index (κ2) is 4.52. The van der Waals surface area contributed by atoms with Gasteiger partial charge in [-0.1, -0.05) is 26.7 Å². The molecule has 1 saturated heterocycles. The molecule has 5 aliphatic rings. The summed E-state index contributed by atoms with van der Waals surface area (Å²) < 4.78 is 6.26. The predicted octanol–water partition coefficient (Wildman–Crippen LogP) is 5.58. The first kappa shape index (κ1) is 14.3. The summed E-state index contributed by atoms with van der Waals surface area (Å²) in [5.41, 5.74) is 1.52. The van der Waals surface area contributed by atoms with Gasteiger partial charge in [0.2, 0.25) is 0 Å². The maximum atomic E-state index is 6.26. The molecule has 0 aromatic rings. The molecule has 0 bridgehead atoms. The molecule has 1 spiro atoms. The van der Waals surface area contributed by atoms with Crippen molar-refractivity contribution in [3.8, 4) is 0 Å². The molecule has 1 heterocycles. The Morgan fingerprint density at radius 3 is 2.36 bits per heavy atom. The van der Waals surface area contributed by atoms with Crippen LogP contribution in [0.4, 0.5) is 0 Å². The molecule has 4 saturated carbocycles. The van der Waals surface area contributed by atoms with Gasteiger partial charge in [0.1, 0.15) is 0 Å². The van der Waals surface area contributed by atoms with Crippen molar-refractivity contribution in [2.24, 2.45) is 34.5 Å². The molecule has 5 fully saturated rings. The Morgan fingerprint density at radius 1 is 0.773 bits per heavy atom. The van der Waals surface area contributed by atoms with Gasteiger partial charge in [0.25, 0.3) is 0 Å². The molecule has 0 N–H and O–H groups in total. The van der Waals surface area contributed by atoms with Crippen LogP contribution in [0.25, 0.3) is 0 Å². The van der Waals surface area contributed by atoms with Gasteiger partial charge in [0.15, 0.2) is 0 Å². The van der Waals surface area contributed by atoms with E-state index < -0.39 is 0 Å². The molecular weight excluding hydrogens is 268 g/mol. The molecule has 22 heavy (non-hydrogen) atoms. The van der Waals surface area contributed by atoms with E-state index in [9.17, 15) is 0 Å². The van der Waals surface area contributed by atoms with E-state index in [4.69, 9.17) is 4.74 Å². The number of fused-ring (bicyclic) bond motifs is 6. The van der Waals surface area contributed by atoms with E-state index >= 15 is 0 Å². The van der Waals surface area contributed by atoms with Crippen LogP contribution in [0.1, 0.15) is 84.5 Å². The Morgan fingerprint density at radius 2 is 1.59 bits per heavy atom. The smallest absolute Gasteiger partial charge is 0.0760 e. The molecule has 1 nitrogen and oxygen atoms in total. The van der Waals surface area contributed by atoms with Crippen LogP contribution < -0.4 is 0 Å². The second-order valence-corrected chi connectivity index (χ2v) is 9.99. The Balaban J connectivity index is 1.47. The normalized spacial score (nSPS) is 60.3. The molecule has 4 aliphatic carbocycles. The van der Waals surface area contributed by atoms with Crippen LogP contribution in [0.2, 0.25) is 0 Å². The summed E-state index contributed by atoms with van der Waals surface area (Å²) in [6.45, 7) is 6.35. The van der Waals surface area contributed by atoms with Gasteiger partial charge in [0.05, 0.1) is 12.2 Å². The van der Waals surface area contributed by atoms with Gasteiger partial charge in [-0.2, -0.15) is 0 Å². The standard InChI is InChI=1S/C21H34O/c1-19-10-4-3-5-15(19)6-7-16-17(19)8-11-20(2)18(16)9-12-21(20)13-14-22-21/h15-18H,3-14H2,1-2H3/t15-,16-,17+,18+,19+,20+,21-/m1/s1. The van der Waals surface area contributed by atoms with Gasteiger partial charge in [-0.05, 0) is 85.9 Å². The first-order chi connectivity index (χ1) is 10.6. The maximum absolute atomic E-state index is 6.26. The summed E-state index contributed by atoms with van der Waals surface area (Å²) in [5.74, 6) is 4.11. The molecule has 7 atom stereocenters. The molecule has 0 radical (unpaired) electrons. The van der Waals surface area contributed by atoms with E-state index in [0.29, 0.717) is 16.4 Å². The molecule has 1 heteroatoms. The third kappa shape index (κ3) is 1.55. The molecule has 0 aromatic heterocycles. The van der Waals surface area contributed by atoms with Crippen molar-refractivity contribution in [2.75, 3.05) is 6.61 Å². The highest BCUT2D eigenvalue weighted by Gasteiger charge is 2.66. The summed E-state index contributed by atoms with van der Waals surface area (Å²) in [4.78, 5) is 0. The Bertz CT molecular complexity index is 465. The fourth-order valence-corrected chi connectivity index (χ4v) is 8.38. The lowest BCUT2D eigenvalue weighted by Gasteiger charge is -2.63. The number of hydrogen-bond donors (Lipinski definition) is 0. The minimum Gasteiger partial charge on any atom is -0.374 e. The van der Waals surface area contributed by atoms with Crippen molar-refractivity contribution in [2.45, 2.75) is 90.1 Å². The zero-order chi connectivity index (χ0) is 15.0. The van der Waals surface area contributed by atoms with Crippen molar-refractivity contribution in [1.29, 1.82) is 0 Å². The van der Waals surface area contributed by atoms with Crippen LogP contribution in [-0.2, 0) is 4.74 Å². The summed E-state index contributed by atoms with van der Waals surface area (Å²) in [5, 5.41) is 0. The Kier molecular flexibility index (Phi) is 2.94. The topological polar surface area (TPSA) is 9.23 Å². The van der Waals surface area contributed by atoms with Crippen molar-refractivity contribution in [3.05, 3.63) is 0 Å². The summed E-state index contributed by atoms with van der Waals surface area (Å²) in [6, 6.07) is 0. The van der Waals surface area contributed by atoms with Crippen molar-refractivity contribution in [1.82, 2.24) is 0 Å². The van der Waals surface area contributed by atoms with Crippen molar-refractivity contribution < 1.29 is 4.74 Å². The number of rotatable bonds is 0. The highest BCUT2D eigenvalue weighted by molar-refractivity contribution is 5.16. The highest BCUT2D eigenvalue weighted by atomic mass is 16.5. The van der Waals surface area contributed by atoms with Gasteiger partial charge in [-0.25, -0.2) is 0 Å². The fourth-order valence-electron chi connectivity index (χ4n) is 8.38. The zero-order valence-electron chi connectivity index (χ0n) is 14.7. The average molecular weight is 303 g/mol. The molecular formula is C21H34O. The minimum atomic E-state index is 0.312. The maximum Gasteiger partial charge on any atom is 0.0760 e. The van der Waals surface area contributed by atoms with Gasteiger partial charge < -0.3 is 4.74 Å². The van der Waals surface area contributed by atoms with Gasteiger partial charge >= 0.3 is 0 Å². The fraction of sp³-hybridized carbons (Fsp3) is 1.00. The molecule has 0 unspecified atom stereocenters. The van der Waals surface area contributed by atoms with Gasteiger partial charge in [-0.3, -0.25) is 0 Å². The lowest BCUT2D eigenvalue weighted by Crippen LogP contribution is -2.59. The quantitative estimate of drug-likeness (QED) is 0.567. The first-order valence-electron chi connectivity index (χ1n) is 10.2. The van der Waals surface area contributed by atoms with Crippen molar-refractivity contribution >= 4 is 0 Å². The van der Waals surface area contributed by atoms with Gasteiger partial charge in [-0.15, -0.1) is 0 Å². The molecule has 0 aromatic carbocycles. The van der Waals surface area contributed by atoms with E-state index in [0.717, 1.165) is 30.3 Å². The number of hydrogen-bond acceptors (Lipinski definition) is 1. The van der Waals surface area contributed by atoms with Crippen LogP contribution in [-0.4, -0.2) is 12.2 Å². The lowest BCUT2D eigenvalue weighted by atomic mass is 9.44. The van der Waals surface area contributed by atoms with Crippen LogP contribution >= 0.6 is 0 Å². The van der Waals surface area contributed by atoms with Crippen LogP contribution in [0.3, 0.4) is 0 Å². The summed E-state index contributed by atoms with van der Waals surface area (Å²) in [6.07, 6.45) is 16.3. The highest BCUT2D eigenvalue weighted by Crippen LogP contribution is 2.70. The molecule has 124 valence electrons. The zero-order valence-corrected chi connectivity index (χ0v) is 14.7. The monoisotopic (exact) mass is 302 g/mol. The Hall–Kier alpha value is -0.0400. The Labute approximate surface area is 136 Å². The molecule has 5 rings (SSSR count). The SMILES string of the molecule is C[C@]12CCCC[C@@H]1CC[C@@H]1[C@@H]2CC[C@@]2(C)[C@H]1CC[C@@]21CCO1. The summed E-state index contributed by atoms with van der Waals surface area (Å²) in [7, 11) is 0. The molecule has 1 aliphatic heterocycles. The van der Waals surface area contributed by atoms with Crippen LogP contribution in [0.5, 0.6) is 0 Å². The third-order valence-electron chi connectivity index (χ3n) is 9.76. The third-order valence-corrected chi connectivity index (χ3v) is 9.76. The first-order valence-corrected chi connectivity index (χ1v) is 10.2. The van der Waals surface area contributed by atoms with E-state index in [-0.39, 0.29) is 0 Å². The van der Waals surface area contributed by atoms with Crippen LogP contribution in [0.15, 0.2) is 0 Å². The largest absolute Gasteiger partial charge is 0.374 e. The van der Waals surface area contributed by atoms with E-state index in [1.165, 1.54) is 64.2 Å². The van der Waals surface area contributed by atoms with E-state index in [1.54, 1.807) is 6.42 Å².